The topological polar surface area (TPSA) is 104 Å². The Hall–Kier alpha value is -3.41. The van der Waals surface area contributed by atoms with Crippen LogP contribution in [0.15, 0.2) is 35.7 Å². The third-order valence-electron chi connectivity index (χ3n) is 8.36. The van der Waals surface area contributed by atoms with Gasteiger partial charge in [0, 0.05) is 52.8 Å². The highest BCUT2D eigenvalue weighted by atomic mass is 32.1. The molecule has 42 heavy (non-hydrogen) atoms. The molecule has 2 fully saturated rings. The SMILES string of the molecule is Cc1csc(C2CCCN2C(=O)c2cc(C(=O)NC(Cc3cc(F)cc(F)c3)C(O)C3CCCN3)cc3c2CCO3)n1. The zero-order valence-corrected chi connectivity index (χ0v) is 24.2. The largest absolute Gasteiger partial charge is 0.493 e. The molecule has 4 atom stereocenters. The molecule has 4 unspecified atom stereocenters. The van der Waals surface area contributed by atoms with Crippen LogP contribution in [-0.2, 0) is 12.8 Å². The van der Waals surface area contributed by atoms with E-state index >= 15 is 0 Å². The van der Waals surface area contributed by atoms with E-state index in [0.29, 0.717) is 42.9 Å². The number of nitrogens with one attached hydrogen (secondary N) is 2. The van der Waals surface area contributed by atoms with Crippen molar-refractivity contribution in [3.8, 4) is 5.75 Å². The zero-order valence-electron chi connectivity index (χ0n) is 23.4. The van der Waals surface area contributed by atoms with Gasteiger partial charge in [0.05, 0.1) is 24.8 Å². The maximum Gasteiger partial charge on any atom is 0.254 e. The minimum atomic E-state index is -0.998. The lowest BCUT2D eigenvalue weighted by atomic mass is 9.94. The predicted molar refractivity (Wildman–Crippen MR) is 154 cm³/mol. The molecule has 0 aliphatic carbocycles. The Bertz CT molecular complexity index is 1470. The predicted octanol–water partition coefficient (Wildman–Crippen LogP) is 4.10. The van der Waals surface area contributed by atoms with Gasteiger partial charge in [-0.25, -0.2) is 13.8 Å². The third-order valence-corrected chi connectivity index (χ3v) is 9.43. The van der Waals surface area contributed by atoms with Crippen LogP contribution in [0.25, 0.3) is 0 Å². The second kappa shape index (κ2) is 12.1. The lowest BCUT2D eigenvalue weighted by Gasteiger charge is -2.29. The molecule has 2 aromatic carbocycles. The fourth-order valence-corrected chi connectivity index (χ4v) is 7.28. The van der Waals surface area contributed by atoms with Crippen LogP contribution in [0.4, 0.5) is 8.78 Å². The molecule has 3 aliphatic rings. The average Bonchev–Trinajstić information content (AvgIpc) is 3.77. The van der Waals surface area contributed by atoms with Crippen LogP contribution >= 0.6 is 11.3 Å². The third kappa shape index (κ3) is 5.91. The molecule has 3 N–H and O–H groups in total. The van der Waals surface area contributed by atoms with Gasteiger partial charge in [0.25, 0.3) is 11.8 Å². The summed E-state index contributed by atoms with van der Waals surface area (Å²) in [5, 5.41) is 20.3. The summed E-state index contributed by atoms with van der Waals surface area (Å²) in [5.74, 6) is -1.63. The summed E-state index contributed by atoms with van der Waals surface area (Å²) in [4.78, 5) is 34.1. The van der Waals surface area contributed by atoms with Crippen molar-refractivity contribution in [2.24, 2.45) is 0 Å². The Labute approximate surface area is 247 Å². The van der Waals surface area contributed by atoms with Gasteiger partial charge in [0.1, 0.15) is 22.4 Å². The van der Waals surface area contributed by atoms with Crippen molar-refractivity contribution in [3.63, 3.8) is 0 Å². The summed E-state index contributed by atoms with van der Waals surface area (Å²) in [6.45, 7) is 3.69. The van der Waals surface area contributed by atoms with Gasteiger partial charge in [-0.15, -0.1) is 11.3 Å². The lowest BCUT2D eigenvalue weighted by molar-refractivity contribution is 0.0732. The van der Waals surface area contributed by atoms with Gasteiger partial charge in [0.15, 0.2) is 0 Å². The number of amides is 2. The molecule has 0 saturated carbocycles. The minimum Gasteiger partial charge on any atom is -0.493 e. The highest BCUT2D eigenvalue weighted by Crippen LogP contribution is 2.37. The molecule has 11 heteroatoms. The minimum absolute atomic E-state index is 0.0235. The number of hydrogen-bond acceptors (Lipinski definition) is 7. The van der Waals surface area contributed by atoms with E-state index < -0.39 is 29.7 Å². The molecule has 4 heterocycles. The van der Waals surface area contributed by atoms with Crippen LogP contribution in [-0.4, -0.2) is 64.7 Å². The van der Waals surface area contributed by atoms with Gasteiger partial charge < -0.3 is 25.4 Å². The molecule has 8 nitrogen and oxygen atoms in total. The number of ether oxygens (including phenoxy) is 1. The number of halogens is 2. The lowest BCUT2D eigenvalue weighted by Crippen LogP contribution is -2.52. The maximum absolute atomic E-state index is 14.0. The first-order valence-corrected chi connectivity index (χ1v) is 15.3. The Kier molecular flexibility index (Phi) is 8.24. The highest BCUT2D eigenvalue weighted by Gasteiger charge is 2.36. The van der Waals surface area contributed by atoms with Crippen molar-refractivity contribution in [2.45, 2.75) is 69.7 Å². The van der Waals surface area contributed by atoms with E-state index in [1.165, 1.54) is 12.1 Å². The van der Waals surface area contributed by atoms with Crippen LogP contribution in [0.3, 0.4) is 0 Å². The van der Waals surface area contributed by atoms with E-state index in [1.54, 1.807) is 23.5 Å². The van der Waals surface area contributed by atoms with Crippen molar-refractivity contribution in [1.29, 1.82) is 0 Å². The molecule has 1 aromatic heterocycles. The Morgan fingerprint density at radius 3 is 2.71 bits per heavy atom. The van der Waals surface area contributed by atoms with E-state index in [2.05, 4.69) is 15.6 Å². The number of carbonyl (C=O) groups excluding carboxylic acids is 2. The van der Waals surface area contributed by atoms with Gasteiger partial charge in [-0.1, -0.05) is 0 Å². The number of aliphatic hydroxyl groups excluding tert-OH is 1. The monoisotopic (exact) mass is 596 g/mol. The van der Waals surface area contributed by atoms with E-state index in [1.807, 2.05) is 17.2 Å². The molecule has 2 saturated heterocycles. The van der Waals surface area contributed by atoms with Gasteiger partial charge in [0.2, 0.25) is 0 Å². The number of aliphatic hydroxyl groups is 1. The van der Waals surface area contributed by atoms with Crippen LogP contribution in [0, 0.1) is 18.6 Å². The molecule has 2 amide bonds. The standard InChI is InChI=1S/C31H34F2N4O4S/c1-17-16-42-30(35-17)26-5-3-8-37(26)31(40)23-13-19(14-27-22(23)6-9-41-27)29(39)36-25(28(38)24-4-2-7-34-24)12-18-10-20(32)15-21(33)11-18/h10-11,13-16,24-26,28,34,38H,2-9,12H2,1H3,(H,36,39). The van der Waals surface area contributed by atoms with Crippen LogP contribution in [0.2, 0.25) is 0 Å². The summed E-state index contributed by atoms with van der Waals surface area (Å²) in [6, 6.07) is 5.20. The summed E-state index contributed by atoms with van der Waals surface area (Å²) in [5.41, 5.74) is 2.67. The van der Waals surface area contributed by atoms with E-state index in [9.17, 15) is 23.5 Å². The molecular weight excluding hydrogens is 562 g/mol. The summed E-state index contributed by atoms with van der Waals surface area (Å²) in [7, 11) is 0. The Balaban J connectivity index is 1.28. The second-order valence-electron chi connectivity index (χ2n) is 11.3. The first-order chi connectivity index (χ1) is 20.3. The van der Waals surface area contributed by atoms with Crippen molar-refractivity contribution in [1.82, 2.24) is 20.5 Å². The number of aromatic nitrogens is 1. The number of likely N-dealkylation sites (tertiary alicyclic amines) is 1. The second-order valence-corrected chi connectivity index (χ2v) is 12.2. The molecule has 0 bridgehead atoms. The van der Waals surface area contributed by atoms with Gasteiger partial charge >= 0.3 is 0 Å². The van der Waals surface area contributed by atoms with E-state index in [-0.39, 0.29) is 30.0 Å². The number of aryl methyl sites for hydroxylation is 1. The first kappa shape index (κ1) is 28.7. The van der Waals surface area contributed by atoms with Gasteiger partial charge in [-0.3, -0.25) is 9.59 Å². The average molecular weight is 597 g/mol. The van der Waals surface area contributed by atoms with Crippen molar-refractivity contribution in [3.05, 3.63) is 80.3 Å². The van der Waals surface area contributed by atoms with Crippen molar-refractivity contribution < 1.29 is 28.2 Å². The molecule has 3 aromatic rings. The number of fused-ring (bicyclic) bond motifs is 1. The molecule has 0 radical (unpaired) electrons. The van der Waals surface area contributed by atoms with Crippen molar-refractivity contribution in [2.75, 3.05) is 19.7 Å². The maximum atomic E-state index is 14.0. The van der Waals surface area contributed by atoms with E-state index in [4.69, 9.17) is 4.74 Å². The Morgan fingerprint density at radius 1 is 1.19 bits per heavy atom. The molecule has 222 valence electrons. The number of benzene rings is 2. The fraction of sp³-hybridized carbons (Fsp3) is 0.452. The number of nitrogens with zero attached hydrogens (tertiary/aromatic N) is 2. The molecule has 0 spiro atoms. The van der Waals surface area contributed by atoms with E-state index in [0.717, 1.165) is 48.1 Å². The van der Waals surface area contributed by atoms with Crippen molar-refractivity contribution >= 4 is 23.2 Å². The van der Waals surface area contributed by atoms with Gasteiger partial charge in [-0.05, 0) is 75.4 Å². The normalized spacial score (nSPS) is 21.2. The van der Waals surface area contributed by atoms with Gasteiger partial charge in [-0.2, -0.15) is 0 Å². The Morgan fingerprint density at radius 2 is 2.00 bits per heavy atom. The summed E-state index contributed by atoms with van der Waals surface area (Å²) < 4.78 is 33.7. The fourth-order valence-electron chi connectivity index (χ4n) is 6.34. The zero-order chi connectivity index (χ0) is 29.4. The van der Waals surface area contributed by atoms with Crippen LogP contribution < -0.4 is 15.4 Å². The molecular formula is C31H34F2N4O4S. The highest BCUT2D eigenvalue weighted by molar-refractivity contribution is 7.09. The number of hydrogen-bond donors (Lipinski definition) is 3. The molecule has 6 rings (SSSR count). The van der Waals surface area contributed by atoms with Crippen LogP contribution in [0.5, 0.6) is 5.75 Å². The number of rotatable bonds is 8. The first-order valence-electron chi connectivity index (χ1n) is 14.5. The quantitative estimate of drug-likeness (QED) is 0.362. The number of carbonyl (C=O) groups is 2. The molecule has 3 aliphatic heterocycles. The number of thiazole rings is 1. The summed E-state index contributed by atoms with van der Waals surface area (Å²) >= 11 is 1.55. The summed E-state index contributed by atoms with van der Waals surface area (Å²) in [6.07, 6.45) is 2.87. The van der Waals surface area contributed by atoms with Crippen LogP contribution in [0.1, 0.15) is 74.3 Å². The smallest absolute Gasteiger partial charge is 0.254 e.